The Morgan fingerprint density at radius 3 is 2.79 bits per heavy atom. The number of nitriles is 1. The van der Waals surface area contributed by atoms with Crippen molar-refractivity contribution in [1.29, 1.82) is 5.26 Å². The molecular weight excluding hydrogens is 433 g/mol. The van der Waals surface area contributed by atoms with Gasteiger partial charge in [0.25, 0.3) is 5.91 Å². The number of benzene rings is 2. The molecule has 172 valence electrons. The van der Waals surface area contributed by atoms with Crippen molar-refractivity contribution in [1.82, 2.24) is 29.1 Å². The first kappa shape index (κ1) is 21.8. The first-order valence-corrected chi connectivity index (χ1v) is 11.0. The second-order valence-electron chi connectivity index (χ2n) is 8.78. The quantitative estimate of drug-likeness (QED) is 0.470. The number of nitrogens with zero attached hydrogens (tertiary/aromatic N) is 7. The lowest BCUT2D eigenvalue weighted by Gasteiger charge is -2.22. The first-order valence-electron chi connectivity index (χ1n) is 11.0. The predicted octanol–water partition coefficient (Wildman–Crippen LogP) is 3.21. The molecule has 1 amide bonds. The summed E-state index contributed by atoms with van der Waals surface area (Å²) >= 11 is 0. The zero-order valence-electron chi connectivity index (χ0n) is 19.2. The minimum absolute atomic E-state index is 0.0287. The summed E-state index contributed by atoms with van der Waals surface area (Å²) in [6, 6.07) is 10.3. The van der Waals surface area contributed by atoms with Crippen LogP contribution in [0.1, 0.15) is 22.3 Å². The van der Waals surface area contributed by atoms with E-state index in [4.69, 9.17) is 5.26 Å². The molecule has 1 aliphatic rings. The predicted molar refractivity (Wildman–Crippen MR) is 126 cm³/mol. The van der Waals surface area contributed by atoms with E-state index in [0.717, 1.165) is 17.3 Å². The number of carbonyl (C=O) groups is 1. The molecule has 1 atom stereocenters. The Morgan fingerprint density at radius 2 is 2.09 bits per heavy atom. The van der Waals surface area contributed by atoms with Gasteiger partial charge in [0, 0.05) is 55.7 Å². The van der Waals surface area contributed by atoms with Crippen molar-refractivity contribution >= 4 is 16.8 Å². The molecule has 0 radical (unpaired) electrons. The lowest BCUT2D eigenvalue weighted by molar-refractivity contribution is 0.0785. The van der Waals surface area contributed by atoms with Crippen molar-refractivity contribution in [2.24, 2.45) is 7.05 Å². The highest BCUT2D eigenvalue weighted by Gasteiger charge is 2.31. The number of amides is 1. The second-order valence-corrected chi connectivity index (χ2v) is 8.78. The number of carbonyl (C=O) groups excluding carboxylic acids is 1. The van der Waals surface area contributed by atoms with Crippen LogP contribution in [0.4, 0.5) is 4.39 Å². The largest absolute Gasteiger partial charge is 0.337 e. The van der Waals surface area contributed by atoms with Crippen LogP contribution in [0.3, 0.4) is 0 Å². The lowest BCUT2D eigenvalue weighted by Crippen LogP contribution is -2.35. The van der Waals surface area contributed by atoms with Crippen molar-refractivity contribution in [3.63, 3.8) is 0 Å². The van der Waals surface area contributed by atoms with Gasteiger partial charge in [-0.25, -0.2) is 9.37 Å². The zero-order valence-corrected chi connectivity index (χ0v) is 19.2. The van der Waals surface area contributed by atoms with Gasteiger partial charge in [-0.15, -0.1) is 0 Å². The highest BCUT2D eigenvalue weighted by atomic mass is 19.1. The van der Waals surface area contributed by atoms with Gasteiger partial charge < -0.3 is 9.80 Å². The van der Waals surface area contributed by atoms with Gasteiger partial charge in [-0.1, -0.05) is 0 Å². The van der Waals surface area contributed by atoms with Gasteiger partial charge in [0.2, 0.25) is 0 Å². The van der Waals surface area contributed by atoms with Crippen molar-refractivity contribution < 1.29 is 9.18 Å². The maximum Gasteiger partial charge on any atom is 0.256 e. The molecule has 3 heterocycles. The molecule has 0 unspecified atom stereocenters. The molecule has 2 aromatic carbocycles. The molecule has 34 heavy (non-hydrogen) atoms. The Kier molecular flexibility index (Phi) is 5.38. The van der Waals surface area contributed by atoms with Gasteiger partial charge >= 0.3 is 0 Å². The molecule has 0 spiro atoms. The van der Waals surface area contributed by atoms with E-state index in [1.807, 2.05) is 50.4 Å². The summed E-state index contributed by atoms with van der Waals surface area (Å²) in [6.45, 7) is 1.33. The average Bonchev–Trinajstić information content (AvgIpc) is 3.56. The van der Waals surface area contributed by atoms with Gasteiger partial charge in [0.15, 0.2) is 0 Å². The SMILES string of the molecule is CN(C)[C@H]1CCN(C(=O)c2c(-n3ccnc3-c3ccc(C#N)c(F)c3)ccc3nn(C)cc23)C1. The Labute approximate surface area is 196 Å². The summed E-state index contributed by atoms with van der Waals surface area (Å²) in [6.07, 6.45) is 6.14. The number of imidazole rings is 1. The van der Waals surface area contributed by atoms with Crippen molar-refractivity contribution in [3.8, 4) is 23.1 Å². The number of likely N-dealkylation sites (tertiary alicyclic amines) is 1. The summed E-state index contributed by atoms with van der Waals surface area (Å²) in [4.78, 5) is 22.3. The maximum atomic E-state index is 14.4. The van der Waals surface area contributed by atoms with Gasteiger partial charge in [0.05, 0.1) is 22.3 Å². The number of hydrogen-bond acceptors (Lipinski definition) is 5. The molecule has 0 bridgehead atoms. The van der Waals surface area contributed by atoms with Crippen LogP contribution in [0.2, 0.25) is 0 Å². The molecule has 2 aromatic heterocycles. The number of aromatic nitrogens is 4. The zero-order chi connectivity index (χ0) is 24.0. The molecule has 0 N–H and O–H groups in total. The van der Waals surface area contributed by atoms with Crippen LogP contribution in [0, 0.1) is 17.1 Å². The monoisotopic (exact) mass is 457 g/mol. The summed E-state index contributed by atoms with van der Waals surface area (Å²) in [5.74, 6) is -0.197. The molecule has 1 saturated heterocycles. The molecule has 4 aromatic rings. The number of rotatable bonds is 4. The Balaban J connectivity index is 1.65. The highest BCUT2D eigenvalue weighted by molar-refractivity contribution is 6.09. The lowest BCUT2D eigenvalue weighted by atomic mass is 10.1. The van der Waals surface area contributed by atoms with E-state index in [0.29, 0.717) is 41.8 Å². The molecular formula is C25H24FN7O. The van der Waals surface area contributed by atoms with E-state index >= 15 is 0 Å². The van der Waals surface area contributed by atoms with Crippen LogP contribution >= 0.6 is 0 Å². The topological polar surface area (TPSA) is 83.0 Å². The van der Waals surface area contributed by atoms with Gasteiger partial charge in [-0.2, -0.15) is 10.4 Å². The fraction of sp³-hybridized carbons (Fsp3) is 0.280. The molecule has 5 rings (SSSR count). The highest BCUT2D eigenvalue weighted by Crippen LogP contribution is 2.31. The average molecular weight is 458 g/mol. The van der Waals surface area contributed by atoms with Gasteiger partial charge in [-0.05, 0) is 50.8 Å². The Hall–Kier alpha value is -4.03. The van der Waals surface area contributed by atoms with Crippen LogP contribution in [-0.2, 0) is 7.05 Å². The molecule has 9 heteroatoms. The maximum absolute atomic E-state index is 14.4. The van der Waals surface area contributed by atoms with Gasteiger partial charge in [0.1, 0.15) is 17.7 Å². The third-order valence-electron chi connectivity index (χ3n) is 6.42. The third-order valence-corrected chi connectivity index (χ3v) is 6.42. The van der Waals surface area contributed by atoms with Crippen LogP contribution in [-0.4, -0.2) is 68.3 Å². The molecule has 1 fully saturated rings. The van der Waals surface area contributed by atoms with Crippen LogP contribution in [0.15, 0.2) is 48.9 Å². The summed E-state index contributed by atoms with van der Waals surface area (Å²) in [7, 11) is 5.88. The number of likely N-dealkylation sites (N-methyl/N-ethyl adjacent to an activating group) is 1. The van der Waals surface area contributed by atoms with E-state index in [-0.39, 0.29) is 11.5 Å². The van der Waals surface area contributed by atoms with Gasteiger partial charge in [-0.3, -0.25) is 14.0 Å². The summed E-state index contributed by atoms with van der Waals surface area (Å²) in [5, 5.41) is 14.3. The van der Waals surface area contributed by atoms with E-state index in [2.05, 4.69) is 15.0 Å². The summed E-state index contributed by atoms with van der Waals surface area (Å²) in [5.41, 5.74) is 2.40. The first-order chi connectivity index (χ1) is 16.4. The number of hydrogen-bond donors (Lipinski definition) is 0. The molecule has 0 aliphatic carbocycles. The van der Waals surface area contributed by atoms with E-state index < -0.39 is 5.82 Å². The Morgan fingerprint density at radius 1 is 1.26 bits per heavy atom. The minimum atomic E-state index is -0.611. The van der Waals surface area contributed by atoms with Crippen molar-refractivity contribution in [2.45, 2.75) is 12.5 Å². The fourth-order valence-electron chi connectivity index (χ4n) is 4.59. The van der Waals surface area contributed by atoms with Crippen LogP contribution in [0.5, 0.6) is 0 Å². The van der Waals surface area contributed by atoms with Crippen molar-refractivity contribution in [2.75, 3.05) is 27.2 Å². The van der Waals surface area contributed by atoms with E-state index in [9.17, 15) is 9.18 Å². The standard InChI is InChI=1S/C25H24FN7O/c1-30(2)18-8-10-32(14-18)25(34)23-19-15-31(3)29-21(19)6-7-22(23)33-11-9-28-24(33)16-4-5-17(13-27)20(26)12-16/h4-7,9,11-12,15,18H,8,10,14H2,1-3H3/t18-/m0/s1. The molecule has 1 aliphatic heterocycles. The summed E-state index contributed by atoms with van der Waals surface area (Å²) < 4.78 is 17.9. The van der Waals surface area contributed by atoms with E-state index in [1.165, 1.54) is 12.1 Å². The van der Waals surface area contributed by atoms with Crippen LogP contribution in [0.25, 0.3) is 28.0 Å². The number of fused-ring (bicyclic) bond motifs is 1. The minimum Gasteiger partial charge on any atom is -0.337 e. The van der Waals surface area contributed by atoms with Crippen molar-refractivity contribution in [3.05, 3.63) is 65.9 Å². The normalized spacial score (nSPS) is 15.9. The molecule has 0 saturated carbocycles. The molecule has 8 nitrogen and oxygen atoms in total. The number of halogens is 1. The third kappa shape index (κ3) is 3.62. The van der Waals surface area contributed by atoms with Crippen LogP contribution < -0.4 is 0 Å². The van der Waals surface area contributed by atoms with E-state index in [1.54, 1.807) is 27.7 Å². The smallest absolute Gasteiger partial charge is 0.256 e. The second kappa shape index (κ2) is 8.39. The fourth-order valence-corrected chi connectivity index (χ4v) is 4.59. The Bertz CT molecular complexity index is 1450. The number of aryl methyl sites for hydroxylation is 1.